The van der Waals surface area contributed by atoms with Crippen molar-refractivity contribution in [3.8, 4) is 0 Å². The van der Waals surface area contributed by atoms with E-state index >= 15 is 0 Å². The lowest BCUT2D eigenvalue weighted by Crippen LogP contribution is -2.20. The van der Waals surface area contributed by atoms with Crippen LogP contribution in [-0.4, -0.2) is 15.0 Å². The minimum atomic E-state index is -3.85. The molecular formula is C14H16FN3O2S. The molecule has 4 N–H and O–H groups in total. The summed E-state index contributed by atoms with van der Waals surface area (Å²) in [6.07, 6.45) is 0. The molecule has 21 heavy (non-hydrogen) atoms. The fraction of sp³-hybridized carbons (Fsp3) is 0.143. The van der Waals surface area contributed by atoms with Crippen molar-refractivity contribution < 1.29 is 12.8 Å². The molecule has 0 saturated heterocycles. The lowest BCUT2D eigenvalue weighted by Gasteiger charge is -2.25. The second-order valence-corrected chi connectivity index (χ2v) is 6.02. The van der Waals surface area contributed by atoms with E-state index in [1.54, 1.807) is 23.1 Å². The predicted molar refractivity (Wildman–Crippen MR) is 81.3 cm³/mol. The second kappa shape index (κ2) is 5.71. The zero-order chi connectivity index (χ0) is 15.6. The molecule has 0 spiro atoms. The monoisotopic (exact) mass is 309 g/mol. The van der Waals surface area contributed by atoms with Gasteiger partial charge in [0, 0.05) is 6.54 Å². The molecule has 0 aliphatic carbocycles. The Hall–Kier alpha value is -2.12. The first kappa shape index (κ1) is 15.3. The van der Waals surface area contributed by atoms with Crippen molar-refractivity contribution in [1.29, 1.82) is 0 Å². The molecule has 0 radical (unpaired) electrons. The Kier molecular flexibility index (Phi) is 4.15. The van der Waals surface area contributed by atoms with E-state index in [4.69, 9.17) is 10.9 Å². The molecule has 5 nitrogen and oxygen atoms in total. The van der Waals surface area contributed by atoms with Gasteiger partial charge >= 0.3 is 0 Å². The van der Waals surface area contributed by atoms with Crippen molar-refractivity contribution in [2.24, 2.45) is 5.14 Å². The molecule has 0 atom stereocenters. The van der Waals surface area contributed by atoms with E-state index in [-0.39, 0.29) is 4.90 Å². The standard InChI is InChI=1S/C14H16FN3O2S/c1-2-18(13-6-4-3-5-11(13)15)14-9-10(21(17,19)20)7-8-12(14)16/h3-9H,2,16H2,1H3,(H2,17,19,20). The van der Waals surface area contributed by atoms with Gasteiger partial charge in [-0.1, -0.05) is 12.1 Å². The highest BCUT2D eigenvalue weighted by atomic mass is 32.2. The maximum Gasteiger partial charge on any atom is 0.238 e. The van der Waals surface area contributed by atoms with Crippen LogP contribution in [0.5, 0.6) is 0 Å². The third-order valence-corrected chi connectivity index (χ3v) is 3.99. The Morgan fingerprint density at radius 2 is 1.81 bits per heavy atom. The van der Waals surface area contributed by atoms with Crippen molar-refractivity contribution in [2.75, 3.05) is 17.2 Å². The maximum absolute atomic E-state index is 14.0. The number of nitrogens with two attached hydrogens (primary N) is 2. The van der Waals surface area contributed by atoms with Gasteiger partial charge in [0.2, 0.25) is 10.0 Å². The molecular weight excluding hydrogens is 293 g/mol. The van der Waals surface area contributed by atoms with Gasteiger partial charge < -0.3 is 10.6 Å². The van der Waals surface area contributed by atoms with E-state index in [1.165, 1.54) is 24.3 Å². The smallest absolute Gasteiger partial charge is 0.238 e. The average Bonchev–Trinajstić information content (AvgIpc) is 2.42. The van der Waals surface area contributed by atoms with Crippen LogP contribution in [-0.2, 0) is 10.0 Å². The van der Waals surface area contributed by atoms with E-state index in [2.05, 4.69) is 0 Å². The number of nitrogens with zero attached hydrogens (tertiary/aromatic N) is 1. The lowest BCUT2D eigenvalue weighted by molar-refractivity contribution is 0.598. The normalized spacial score (nSPS) is 11.4. The first-order chi connectivity index (χ1) is 9.84. The fourth-order valence-corrected chi connectivity index (χ4v) is 2.61. The largest absolute Gasteiger partial charge is 0.397 e. The molecule has 0 bridgehead atoms. The van der Waals surface area contributed by atoms with Gasteiger partial charge in [-0.3, -0.25) is 0 Å². The van der Waals surface area contributed by atoms with Crippen molar-refractivity contribution >= 4 is 27.1 Å². The van der Waals surface area contributed by atoms with Gasteiger partial charge in [0.15, 0.2) is 0 Å². The summed E-state index contributed by atoms with van der Waals surface area (Å²) < 4.78 is 36.9. The van der Waals surface area contributed by atoms with Gasteiger partial charge in [-0.05, 0) is 37.3 Å². The van der Waals surface area contributed by atoms with Crippen LogP contribution in [0.3, 0.4) is 0 Å². The molecule has 0 aliphatic rings. The van der Waals surface area contributed by atoms with Gasteiger partial charge in [-0.2, -0.15) is 0 Å². The van der Waals surface area contributed by atoms with E-state index in [0.29, 0.717) is 23.6 Å². The molecule has 0 saturated carbocycles. The summed E-state index contributed by atoms with van der Waals surface area (Å²) in [6.45, 7) is 2.23. The molecule has 0 fully saturated rings. The quantitative estimate of drug-likeness (QED) is 0.847. The SMILES string of the molecule is CCN(c1cc(S(N)(=O)=O)ccc1N)c1ccccc1F. The summed E-state index contributed by atoms with van der Waals surface area (Å²) in [5.41, 5.74) is 6.95. The topological polar surface area (TPSA) is 89.4 Å². The molecule has 112 valence electrons. The van der Waals surface area contributed by atoms with Crippen LogP contribution in [0.1, 0.15) is 6.92 Å². The Labute approximate surface area is 123 Å². The zero-order valence-corrected chi connectivity index (χ0v) is 12.3. The number of para-hydroxylation sites is 1. The predicted octanol–water partition coefficient (Wildman–Crippen LogP) is 2.21. The Balaban J connectivity index is 2.60. The number of hydrogen-bond donors (Lipinski definition) is 2. The lowest BCUT2D eigenvalue weighted by atomic mass is 10.2. The van der Waals surface area contributed by atoms with Crippen LogP contribution < -0.4 is 15.8 Å². The third-order valence-electron chi connectivity index (χ3n) is 3.08. The molecule has 0 unspecified atom stereocenters. The first-order valence-corrected chi connectivity index (χ1v) is 7.83. The van der Waals surface area contributed by atoms with E-state index in [0.717, 1.165) is 0 Å². The van der Waals surface area contributed by atoms with Crippen LogP contribution in [0.15, 0.2) is 47.4 Å². The summed E-state index contributed by atoms with van der Waals surface area (Å²) >= 11 is 0. The number of anilines is 3. The van der Waals surface area contributed by atoms with Crippen molar-refractivity contribution in [2.45, 2.75) is 11.8 Å². The summed E-state index contributed by atoms with van der Waals surface area (Å²) in [7, 11) is -3.85. The van der Waals surface area contributed by atoms with Gasteiger partial charge in [0.1, 0.15) is 5.82 Å². The molecule has 2 aromatic carbocycles. The fourth-order valence-electron chi connectivity index (χ4n) is 2.08. The Morgan fingerprint density at radius 1 is 1.14 bits per heavy atom. The number of hydrogen-bond acceptors (Lipinski definition) is 4. The molecule has 2 aromatic rings. The van der Waals surface area contributed by atoms with Crippen LogP contribution in [0.4, 0.5) is 21.5 Å². The van der Waals surface area contributed by atoms with Crippen molar-refractivity contribution in [3.63, 3.8) is 0 Å². The van der Waals surface area contributed by atoms with Crippen molar-refractivity contribution in [3.05, 3.63) is 48.3 Å². The summed E-state index contributed by atoms with van der Waals surface area (Å²) in [5.74, 6) is -0.417. The van der Waals surface area contributed by atoms with Crippen LogP contribution in [0, 0.1) is 5.82 Å². The maximum atomic E-state index is 14.0. The van der Waals surface area contributed by atoms with Crippen LogP contribution in [0.2, 0.25) is 0 Å². The number of nitrogen functional groups attached to an aromatic ring is 1. The van der Waals surface area contributed by atoms with Gasteiger partial charge in [-0.25, -0.2) is 17.9 Å². The number of halogens is 1. The third kappa shape index (κ3) is 3.14. The number of primary sulfonamides is 1. The summed E-state index contributed by atoms with van der Waals surface area (Å²) in [5, 5.41) is 5.12. The van der Waals surface area contributed by atoms with Gasteiger partial charge in [0.25, 0.3) is 0 Å². The molecule has 0 aliphatic heterocycles. The first-order valence-electron chi connectivity index (χ1n) is 6.29. The summed E-state index contributed by atoms with van der Waals surface area (Å²) in [6, 6.07) is 10.3. The van der Waals surface area contributed by atoms with Gasteiger partial charge in [-0.15, -0.1) is 0 Å². The Bertz CT molecular complexity index is 763. The van der Waals surface area contributed by atoms with Crippen LogP contribution >= 0.6 is 0 Å². The van der Waals surface area contributed by atoms with Gasteiger partial charge in [0.05, 0.1) is 22.0 Å². The molecule has 7 heteroatoms. The van der Waals surface area contributed by atoms with E-state index in [1.807, 2.05) is 6.92 Å². The van der Waals surface area contributed by atoms with Crippen LogP contribution in [0.25, 0.3) is 0 Å². The molecule has 2 rings (SSSR count). The highest BCUT2D eigenvalue weighted by Crippen LogP contribution is 2.33. The minimum Gasteiger partial charge on any atom is -0.397 e. The zero-order valence-electron chi connectivity index (χ0n) is 11.5. The van der Waals surface area contributed by atoms with E-state index < -0.39 is 15.8 Å². The van der Waals surface area contributed by atoms with E-state index in [9.17, 15) is 12.8 Å². The van der Waals surface area contributed by atoms with Crippen molar-refractivity contribution in [1.82, 2.24) is 0 Å². The Morgan fingerprint density at radius 3 is 2.38 bits per heavy atom. The minimum absolute atomic E-state index is 0.0681. The second-order valence-electron chi connectivity index (χ2n) is 4.46. The molecule has 0 heterocycles. The summed E-state index contributed by atoms with van der Waals surface area (Å²) in [4.78, 5) is 1.53. The highest BCUT2D eigenvalue weighted by molar-refractivity contribution is 7.89. The molecule has 0 aromatic heterocycles. The number of sulfonamides is 1. The number of benzene rings is 2. The highest BCUT2D eigenvalue weighted by Gasteiger charge is 2.17. The molecule has 0 amide bonds. The average molecular weight is 309 g/mol. The number of rotatable bonds is 4.